The number of likely N-dealkylation sites (tertiary alicyclic amines) is 1. The number of carbonyl (C=O) groups excluding carboxylic acids is 2. The molecule has 1 unspecified atom stereocenters. The molecule has 5 nitrogen and oxygen atoms in total. The van der Waals surface area contributed by atoms with E-state index in [0.29, 0.717) is 11.3 Å². The van der Waals surface area contributed by atoms with Crippen LogP contribution in [0.5, 0.6) is 0 Å². The zero-order chi connectivity index (χ0) is 20.1. The molecule has 1 saturated heterocycles. The quantitative estimate of drug-likeness (QED) is 0.694. The van der Waals surface area contributed by atoms with Crippen molar-refractivity contribution in [3.05, 3.63) is 63.6 Å². The number of carbonyl (C=O) groups is 2. The first-order valence-corrected chi connectivity index (χ1v) is 10.2. The summed E-state index contributed by atoms with van der Waals surface area (Å²) in [6, 6.07) is 13.5. The van der Waals surface area contributed by atoms with Gasteiger partial charge < -0.3 is 10.1 Å². The van der Waals surface area contributed by atoms with Crippen molar-refractivity contribution < 1.29 is 14.3 Å². The highest BCUT2D eigenvalue weighted by Gasteiger charge is 2.26. The summed E-state index contributed by atoms with van der Waals surface area (Å²) in [5.74, 6) is -0.468. The molecule has 1 heterocycles. The summed E-state index contributed by atoms with van der Waals surface area (Å²) in [4.78, 5) is 26.9. The van der Waals surface area contributed by atoms with Gasteiger partial charge in [-0.25, -0.2) is 4.79 Å². The standard InChI is InChI=1S/C22H25BrN2O3/c1-15-5-8-17(22(27)28-2)12-20(15)24-21(26)18-4-3-11-25(14-18)13-16-6-9-19(23)10-7-16/h5-10,12,18H,3-4,11,13-14H2,1-2H3,(H,24,26). The molecule has 1 N–H and O–H groups in total. The summed E-state index contributed by atoms with van der Waals surface area (Å²) in [6.07, 6.45) is 1.87. The number of hydrogen-bond donors (Lipinski definition) is 1. The Bertz CT molecular complexity index is 851. The Kier molecular flexibility index (Phi) is 6.86. The molecule has 28 heavy (non-hydrogen) atoms. The zero-order valence-corrected chi connectivity index (χ0v) is 17.8. The second-order valence-corrected chi connectivity index (χ2v) is 8.13. The summed E-state index contributed by atoms with van der Waals surface area (Å²) >= 11 is 3.46. The maximum atomic E-state index is 12.9. The van der Waals surface area contributed by atoms with Gasteiger partial charge in [-0.15, -0.1) is 0 Å². The van der Waals surface area contributed by atoms with Gasteiger partial charge in [-0.3, -0.25) is 9.69 Å². The van der Waals surface area contributed by atoms with Gasteiger partial charge in [-0.05, 0) is 61.7 Å². The van der Waals surface area contributed by atoms with Crippen LogP contribution < -0.4 is 5.32 Å². The van der Waals surface area contributed by atoms with Crippen molar-refractivity contribution >= 4 is 33.5 Å². The topological polar surface area (TPSA) is 58.6 Å². The number of nitrogens with one attached hydrogen (secondary N) is 1. The molecule has 0 aromatic heterocycles. The lowest BCUT2D eigenvalue weighted by molar-refractivity contribution is -0.121. The third kappa shape index (κ3) is 5.20. The minimum absolute atomic E-state index is 0.00521. The van der Waals surface area contributed by atoms with Crippen molar-refractivity contribution in [3.8, 4) is 0 Å². The molecule has 1 aliphatic rings. The molecule has 1 atom stereocenters. The Hall–Kier alpha value is -2.18. The SMILES string of the molecule is COC(=O)c1ccc(C)c(NC(=O)C2CCCN(Cc3ccc(Br)cc3)C2)c1. The van der Waals surface area contributed by atoms with E-state index in [9.17, 15) is 9.59 Å². The molecule has 2 aromatic rings. The number of hydrogen-bond acceptors (Lipinski definition) is 4. The van der Waals surface area contributed by atoms with Crippen LogP contribution in [0, 0.1) is 12.8 Å². The highest BCUT2D eigenvalue weighted by molar-refractivity contribution is 9.10. The first kappa shape index (κ1) is 20.6. The van der Waals surface area contributed by atoms with Crippen LogP contribution in [-0.2, 0) is 16.1 Å². The first-order chi connectivity index (χ1) is 13.5. The first-order valence-electron chi connectivity index (χ1n) is 9.43. The summed E-state index contributed by atoms with van der Waals surface area (Å²) in [5.41, 5.74) is 3.26. The van der Waals surface area contributed by atoms with Crippen molar-refractivity contribution in [2.75, 3.05) is 25.5 Å². The number of piperidine rings is 1. The van der Waals surface area contributed by atoms with E-state index in [-0.39, 0.29) is 11.8 Å². The molecular formula is C22H25BrN2O3. The van der Waals surface area contributed by atoms with Crippen molar-refractivity contribution in [2.45, 2.75) is 26.3 Å². The van der Waals surface area contributed by atoms with Crippen LogP contribution in [0.4, 0.5) is 5.69 Å². The van der Waals surface area contributed by atoms with E-state index in [1.807, 2.05) is 25.1 Å². The maximum absolute atomic E-state index is 12.9. The van der Waals surface area contributed by atoms with Crippen molar-refractivity contribution in [3.63, 3.8) is 0 Å². The van der Waals surface area contributed by atoms with Crippen LogP contribution in [0.1, 0.15) is 34.3 Å². The number of methoxy groups -OCH3 is 1. The number of anilines is 1. The van der Waals surface area contributed by atoms with Crippen LogP contribution >= 0.6 is 15.9 Å². The Morgan fingerprint density at radius 3 is 2.68 bits per heavy atom. The fraction of sp³-hybridized carbons (Fsp3) is 0.364. The minimum atomic E-state index is -0.408. The Morgan fingerprint density at radius 1 is 1.21 bits per heavy atom. The largest absolute Gasteiger partial charge is 0.465 e. The molecule has 0 radical (unpaired) electrons. The third-order valence-electron chi connectivity index (χ3n) is 5.11. The molecule has 2 aromatic carbocycles. The van der Waals surface area contributed by atoms with E-state index in [4.69, 9.17) is 4.74 Å². The third-order valence-corrected chi connectivity index (χ3v) is 5.64. The second-order valence-electron chi connectivity index (χ2n) is 7.21. The molecule has 148 valence electrons. The summed E-state index contributed by atoms with van der Waals surface area (Å²) in [7, 11) is 1.35. The number of amides is 1. The van der Waals surface area contributed by atoms with Crippen LogP contribution in [0.15, 0.2) is 46.9 Å². The molecule has 0 spiro atoms. The fourth-order valence-corrected chi connectivity index (χ4v) is 3.76. The highest BCUT2D eigenvalue weighted by Crippen LogP contribution is 2.23. The molecule has 6 heteroatoms. The second kappa shape index (κ2) is 9.34. The van der Waals surface area contributed by atoms with E-state index < -0.39 is 5.97 Å². The van der Waals surface area contributed by atoms with E-state index >= 15 is 0 Å². The predicted octanol–water partition coefficient (Wildman–Crippen LogP) is 4.39. The van der Waals surface area contributed by atoms with Crippen LogP contribution in [-0.4, -0.2) is 37.0 Å². The van der Waals surface area contributed by atoms with E-state index in [1.165, 1.54) is 12.7 Å². The van der Waals surface area contributed by atoms with Gasteiger partial charge in [-0.2, -0.15) is 0 Å². The van der Waals surface area contributed by atoms with Crippen LogP contribution in [0.3, 0.4) is 0 Å². The van der Waals surface area contributed by atoms with Crippen molar-refractivity contribution in [2.24, 2.45) is 5.92 Å². The lowest BCUT2D eigenvalue weighted by Gasteiger charge is -2.32. The monoisotopic (exact) mass is 444 g/mol. The highest BCUT2D eigenvalue weighted by atomic mass is 79.9. The average Bonchev–Trinajstić information content (AvgIpc) is 2.71. The normalized spacial score (nSPS) is 17.2. The summed E-state index contributed by atoms with van der Waals surface area (Å²) in [5, 5.41) is 3.01. The lowest BCUT2D eigenvalue weighted by atomic mass is 9.96. The Morgan fingerprint density at radius 2 is 1.96 bits per heavy atom. The number of benzene rings is 2. The Labute approximate surface area is 174 Å². The van der Waals surface area contributed by atoms with Gasteiger partial charge >= 0.3 is 5.97 Å². The van der Waals surface area contributed by atoms with Crippen LogP contribution in [0.25, 0.3) is 0 Å². The lowest BCUT2D eigenvalue weighted by Crippen LogP contribution is -2.40. The van der Waals surface area contributed by atoms with E-state index in [0.717, 1.165) is 42.5 Å². The molecule has 3 rings (SSSR count). The molecule has 1 aliphatic heterocycles. The predicted molar refractivity (Wildman–Crippen MR) is 113 cm³/mol. The molecule has 1 fully saturated rings. The molecular weight excluding hydrogens is 420 g/mol. The molecule has 0 saturated carbocycles. The minimum Gasteiger partial charge on any atom is -0.465 e. The smallest absolute Gasteiger partial charge is 0.337 e. The summed E-state index contributed by atoms with van der Waals surface area (Å²) < 4.78 is 5.84. The van der Waals surface area contributed by atoms with Crippen molar-refractivity contribution in [1.82, 2.24) is 4.90 Å². The number of ether oxygens (including phenoxy) is 1. The zero-order valence-electron chi connectivity index (χ0n) is 16.2. The fourth-order valence-electron chi connectivity index (χ4n) is 3.50. The van der Waals surface area contributed by atoms with Gasteiger partial charge in [0.1, 0.15) is 0 Å². The maximum Gasteiger partial charge on any atom is 0.337 e. The molecule has 1 amide bonds. The molecule has 0 aliphatic carbocycles. The van der Waals surface area contributed by atoms with E-state index in [2.05, 4.69) is 38.3 Å². The number of rotatable bonds is 5. The van der Waals surface area contributed by atoms with Gasteiger partial charge in [0.15, 0.2) is 0 Å². The van der Waals surface area contributed by atoms with E-state index in [1.54, 1.807) is 12.1 Å². The number of aryl methyl sites for hydroxylation is 1. The van der Waals surface area contributed by atoms with Crippen molar-refractivity contribution in [1.29, 1.82) is 0 Å². The van der Waals surface area contributed by atoms with Crippen LogP contribution in [0.2, 0.25) is 0 Å². The van der Waals surface area contributed by atoms with Gasteiger partial charge in [0.25, 0.3) is 0 Å². The number of esters is 1. The van der Waals surface area contributed by atoms with Gasteiger partial charge in [0.05, 0.1) is 18.6 Å². The number of nitrogens with zero attached hydrogens (tertiary/aromatic N) is 1. The van der Waals surface area contributed by atoms with Gasteiger partial charge in [0.2, 0.25) is 5.91 Å². The average molecular weight is 445 g/mol. The summed E-state index contributed by atoms with van der Waals surface area (Å²) in [6.45, 7) is 4.49. The van der Waals surface area contributed by atoms with Gasteiger partial charge in [0, 0.05) is 23.2 Å². The number of halogens is 1. The molecule has 0 bridgehead atoms. The van der Waals surface area contributed by atoms with Gasteiger partial charge in [-0.1, -0.05) is 34.1 Å². The Balaban J connectivity index is 1.64.